The van der Waals surface area contributed by atoms with Gasteiger partial charge >= 0.3 is 0 Å². The Morgan fingerprint density at radius 2 is 0.919 bits per heavy atom. The average Bonchev–Trinajstić information content (AvgIpc) is 3.36. The van der Waals surface area contributed by atoms with Gasteiger partial charge in [-0.25, -0.2) is 0 Å². The molecular weight excluding hydrogens is 745 g/mol. The van der Waals surface area contributed by atoms with Crippen LogP contribution in [0.15, 0.2) is 231 Å². The molecule has 0 saturated carbocycles. The first kappa shape index (κ1) is 37.7. The van der Waals surface area contributed by atoms with Gasteiger partial charge in [0.15, 0.2) is 0 Å². The fraction of sp³-hybridized carbons (Fsp3) is 0.0968. The maximum Gasteiger partial charge on any atom is 0.00618 e. The van der Waals surface area contributed by atoms with Crippen molar-refractivity contribution in [2.75, 3.05) is 0 Å². The molecule has 2 atom stereocenters. The van der Waals surface area contributed by atoms with Crippen LogP contribution in [0.3, 0.4) is 0 Å². The molecule has 0 heterocycles. The summed E-state index contributed by atoms with van der Waals surface area (Å²) in [7, 11) is 0. The maximum absolute atomic E-state index is 2.51. The Labute approximate surface area is 365 Å². The van der Waals surface area contributed by atoms with Crippen LogP contribution in [0, 0.1) is 0 Å². The van der Waals surface area contributed by atoms with Gasteiger partial charge in [-0.05, 0) is 155 Å². The Kier molecular flexibility index (Phi) is 10.1. The number of benzene rings is 8. The summed E-state index contributed by atoms with van der Waals surface area (Å²) in [4.78, 5) is 0. The number of rotatable bonds is 8. The Morgan fingerprint density at radius 1 is 0.355 bits per heavy atom. The highest BCUT2D eigenvalue weighted by Gasteiger charge is 2.22. The molecule has 0 N–H and O–H groups in total. The standard InChI is InChI=1S/C62H48/c1-6-20-43(21-7-1)49-36-50(44-22-8-2-9-23-44)39-53(38-49)61-57-32-18-19-33-58(57)62(54-40-51(45-24-10-3-11-25-45)37-52(41-54)46-26-12-4-13-27-46)60-42-48(34-35-59(60)61)56-31-17-16-30-55(56)47-28-14-5-15-29-47/h1-12,14-24,26,28,30-42,45,47H,13,25,27,29H2. The normalized spacial score (nSPS) is 16.9. The van der Waals surface area contributed by atoms with E-state index in [-0.39, 0.29) is 0 Å². The van der Waals surface area contributed by atoms with Crippen molar-refractivity contribution in [3.63, 3.8) is 0 Å². The van der Waals surface area contributed by atoms with Gasteiger partial charge in [-0.15, -0.1) is 0 Å². The van der Waals surface area contributed by atoms with E-state index in [1.807, 2.05) is 0 Å². The van der Waals surface area contributed by atoms with E-state index in [9.17, 15) is 0 Å². The fourth-order valence-electron chi connectivity index (χ4n) is 10.1. The number of hydrogen-bond acceptors (Lipinski definition) is 0. The molecule has 0 heteroatoms. The Bertz CT molecular complexity index is 3110. The second-order valence-electron chi connectivity index (χ2n) is 17.0. The summed E-state index contributed by atoms with van der Waals surface area (Å²) in [5, 5.41) is 5.07. The molecule has 0 saturated heterocycles. The number of allylic oxidation sites excluding steroid dienone is 12. The van der Waals surface area contributed by atoms with E-state index in [0.29, 0.717) is 11.8 Å². The van der Waals surface area contributed by atoms with Crippen molar-refractivity contribution < 1.29 is 0 Å². The van der Waals surface area contributed by atoms with E-state index in [4.69, 9.17) is 0 Å². The minimum atomic E-state index is 0.326. The summed E-state index contributed by atoms with van der Waals surface area (Å²) in [6.45, 7) is 0. The molecule has 3 aliphatic carbocycles. The minimum Gasteiger partial charge on any atom is -0.0842 e. The van der Waals surface area contributed by atoms with E-state index in [1.54, 1.807) is 0 Å². The zero-order chi connectivity index (χ0) is 41.2. The molecule has 3 aliphatic rings. The topological polar surface area (TPSA) is 0 Å². The van der Waals surface area contributed by atoms with Gasteiger partial charge in [-0.1, -0.05) is 200 Å². The molecule has 0 fully saturated rings. The van der Waals surface area contributed by atoms with Gasteiger partial charge in [0.2, 0.25) is 0 Å². The Hall–Kier alpha value is -7.28. The lowest BCUT2D eigenvalue weighted by molar-refractivity contribution is 0.853. The molecule has 8 aromatic carbocycles. The van der Waals surface area contributed by atoms with Crippen LogP contribution in [-0.2, 0) is 0 Å². The van der Waals surface area contributed by atoms with Gasteiger partial charge < -0.3 is 0 Å². The lowest BCUT2D eigenvalue weighted by atomic mass is 9.80. The lowest BCUT2D eigenvalue weighted by Gasteiger charge is -2.23. The molecule has 0 aliphatic heterocycles. The largest absolute Gasteiger partial charge is 0.0842 e. The molecule has 0 aromatic heterocycles. The highest BCUT2D eigenvalue weighted by Crippen LogP contribution is 2.48. The van der Waals surface area contributed by atoms with Crippen molar-refractivity contribution >= 4 is 27.1 Å². The first-order valence-electron chi connectivity index (χ1n) is 22.3. The zero-order valence-electron chi connectivity index (χ0n) is 34.9. The molecule has 0 nitrogen and oxygen atoms in total. The van der Waals surface area contributed by atoms with E-state index in [2.05, 4.69) is 231 Å². The maximum atomic E-state index is 2.51. The van der Waals surface area contributed by atoms with Crippen molar-refractivity contribution in [1.29, 1.82) is 0 Å². The van der Waals surface area contributed by atoms with Gasteiger partial charge in [0.25, 0.3) is 0 Å². The van der Waals surface area contributed by atoms with Crippen LogP contribution >= 0.6 is 0 Å². The van der Waals surface area contributed by atoms with Crippen LogP contribution < -0.4 is 0 Å². The number of hydrogen-bond donors (Lipinski definition) is 0. The van der Waals surface area contributed by atoms with Gasteiger partial charge in [0.1, 0.15) is 0 Å². The van der Waals surface area contributed by atoms with E-state index >= 15 is 0 Å². The highest BCUT2D eigenvalue weighted by atomic mass is 14.3. The van der Waals surface area contributed by atoms with Crippen LogP contribution in [0.1, 0.15) is 54.2 Å². The molecule has 11 rings (SSSR count). The zero-order valence-corrected chi connectivity index (χ0v) is 34.9. The van der Waals surface area contributed by atoms with Gasteiger partial charge in [-0.2, -0.15) is 0 Å². The van der Waals surface area contributed by atoms with E-state index < -0.39 is 0 Å². The summed E-state index contributed by atoms with van der Waals surface area (Å²) in [5.41, 5.74) is 17.9. The van der Waals surface area contributed by atoms with Crippen molar-refractivity contribution in [2.45, 2.75) is 37.5 Å². The molecule has 0 radical (unpaired) electrons. The third kappa shape index (κ3) is 7.22. The van der Waals surface area contributed by atoms with Crippen molar-refractivity contribution in [3.05, 3.63) is 247 Å². The molecule has 62 heavy (non-hydrogen) atoms. The quantitative estimate of drug-likeness (QED) is 0.134. The third-order valence-electron chi connectivity index (χ3n) is 13.1. The molecule has 0 spiro atoms. The van der Waals surface area contributed by atoms with E-state index in [0.717, 1.165) is 25.7 Å². The first-order valence-corrected chi connectivity index (χ1v) is 22.3. The molecule has 0 amide bonds. The van der Waals surface area contributed by atoms with Crippen molar-refractivity contribution in [3.8, 4) is 55.6 Å². The SMILES string of the molecule is C1=CCCC(c2cc(-c3c4ccccc4c(-c4cc(-c5ccccc5)cc(-c5ccccc5)c4)c4ccc(-c5ccccc5C5C=CC=CC5)cc34)cc(C3C=CC=CC3)c2)=C1. The van der Waals surface area contributed by atoms with Gasteiger partial charge in [0, 0.05) is 11.8 Å². The van der Waals surface area contributed by atoms with Crippen molar-refractivity contribution in [1.82, 2.24) is 0 Å². The van der Waals surface area contributed by atoms with Crippen LogP contribution in [0.4, 0.5) is 0 Å². The summed E-state index contributed by atoms with van der Waals surface area (Å²) in [6, 6.07) is 61.9. The predicted octanol–water partition coefficient (Wildman–Crippen LogP) is 17.3. The average molecular weight is 793 g/mol. The Balaban J connectivity index is 1.23. The van der Waals surface area contributed by atoms with Crippen LogP contribution in [0.5, 0.6) is 0 Å². The second-order valence-corrected chi connectivity index (χ2v) is 17.0. The lowest BCUT2D eigenvalue weighted by Crippen LogP contribution is -2.01. The summed E-state index contributed by atoms with van der Waals surface area (Å²) >= 11 is 0. The minimum absolute atomic E-state index is 0.326. The summed E-state index contributed by atoms with van der Waals surface area (Å²) < 4.78 is 0. The Morgan fingerprint density at radius 3 is 1.58 bits per heavy atom. The summed E-state index contributed by atoms with van der Waals surface area (Å²) in [5.74, 6) is 0.665. The first-order chi connectivity index (χ1) is 30.7. The van der Waals surface area contributed by atoms with Gasteiger partial charge in [-0.3, -0.25) is 0 Å². The fourth-order valence-corrected chi connectivity index (χ4v) is 10.1. The smallest absolute Gasteiger partial charge is 0.00618 e. The van der Waals surface area contributed by atoms with Crippen molar-refractivity contribution in [2.24, 2.45) is 0 Å². The molecule has 296 valence electrons. The monoisotopic (exact) mass is 792 g/mol. The summed E-state index contributed by atoms with van der Waals surface area (Å²) in [6.07, 6.45) is 29.1. The third-order valence-corrected chi connectivity index (χ3v) is 13.1. The predicted molar refractivity (Wildman–Crippen MR) is 266 cm³/mol. The molecule has 8 aromatic rings. The molecule has 2 unspecified atom stereocenters. The van der Waals surface area contributed by atoms with Gasteiger partial charge in [0.05, 0.1) is 0 Å². The molecule has 0 bridgehead atoms. The van der Waals surface area contributed by atoms with Crippen LogP contribution in [-0.4, -0.2) is 0 Å². The van der Waals surface area contributed by atoms with Crippen LogP contribution in [0.2, 0.25) is 0 Å². The van der Waals surface area contributed by atoms with Crippen LogP contribution in [0.25, 0.3) is 82.8 Å². The molecular formula is C62H48. The number of fused-ring (bicyclic) bond motifs is 2. The highest BCUT2D eigenvalue weighted by molar-refractivity contribution is 6.22. The van der Waals surface area contributed by atoms with E-state index in [1.165, 1.54) is 99.4 Å². The second kappa shape index (κ2) is 16.6.